The van der Waals surface area contributed by atoms with Crippen molar-refractivity contribution in [2.45, 2.75) is 19.4 Å². The molecule has 0 saturated carbocycles. The molecule has 16 heavy (non-hydrogen) atoms. The van der Waals surface area contributed by atoms with Gasteiger partial charge < -0.3 is 10.2 Å². The summed E-state index contributed by atoms with van der Waals surface area (Å²) in [6.45, 7) is 1.43. The van der Waals surface area contributed by atoms with Crippen molar-refractivity contribution in [2.24, 2.45) is 0 Å². The topological polar surface area (TPSA) is 40.5 Å². The fourth-order valence-corrected chi connectivity index (χ4v) is 1.13. The van der Waals surface area contributed by atoms with Crippen LogP contribution in [0.15, 0.2) is 23.3 Å². The van der Waals surface area contributed by atoms with Crippen molar-refractivity contribution in [3.8, 4) is 35.5 Å². The molecule has 1 aliphatic carbocycles. The summed E-state index contributed by atoms with van der Waals surface area (Å²) in [7, 11) is 0. The first kappa shape index (κ1) is 12.2. The van der Waals surface area contributed by atoms with Gasteiger partial charge in [0.2, 0.25) is 0 Å². The summed E-state index contributed by atoms with van der Waals surface area (Å²) >= 11 is 0. The van der Waals surface area contributed by atoms with Crippen molar-refractivity contribution in [1.29, 1.82) is 0 Å². The third-order valence-corrected chi connectivity index (χ3v) is 1.85. The highest BCUT2D eigenvalue weighted by atomic mass is 16.3. The van der Waals surface area contributed by atoms with Crippen LogP contribution in [0.4, 0.5) is 0 Å². The number of hydrogen-bond acceptors (Lipinski definition) is 2. The molecule has 2 nitrogen and oxygen atoms in total. The van der Waals surface area contributed by atoms with Gasteiger partial charge >= 0.3 is 0 Å². The van der Waals surface area contributed by atoms with Crippen LogP contribution in [-0.2, 0) is 0 Å². The zero-order valence-electron chi connectivity index (χ0n) is 9.04. The highest BCUT2D eigenvalue weighted by molar-refractivity contribution is 5.50. The average Bonchev–Trinajstić information content (AvgIpc) is 2.72. The zero-order chi connectivity index (χ0) is 11.8. The summed E-state index contributed by atoms with van der Waals surface area (Å²) in [5.41, 5.74) is 2.01. The van der Waals surface area contributed by atoms with Crippen LogP contribution in [0.2, 0.25) is 0 Å². The highest BCUT2D eigenvalue weighted by Crippen LogP contribution is 2.16. The minimum atomic E-state index is -1.01. The van der Waals surface area contributed by atoms with Gasteiger partial charge in [-0.25, -0.2) is 0 Å². The molecule has 1 aliphatic rings. The number of rotatable bonds is 1. The minimum absolute atomic E-state index is 0.366. The van der Waals surface area contributed by atoms with Gasteiger partial charge in [-0.15, -0.1) is 5.92 Å². The van der Waals surface area contributed by atoms with E-state index in [2.05, 4.69) is 35.5 Å². The Bertz CT molecular complexity index is 490. The van der Waals surface area contributed by atoms with E-state index in [0.29, 0.717) is 0 Å². The Hall–Kier alpha value is -1.92. The molecule has 80 valence electrons. The molecular formula is C14H12O2. The Labute approximate surface area is 95.7 Å². The van der Waals surface area contributed by atoms with Crippen LogP contribution in [0.25, 0.3) is 0 Å². The lowest BCUT2D eigenvalue weighted by Crippen LogP contribution is -2.07. The summed E-state index contributed by atoms with van der Waals surface area (Å²) in [6, 6.07) is 0. The van der Waals surface area contributed by atoms with E-state index in [-0.39, 0.29) is 6.61 Å². The Morgan fingerprint density at radius 1 is 1.25 bits per heavy atom. The molecule has 0 aromatic rings. The molecule has 0 amide bonds. The van der Waals surface area contributed by atoms with E-state index in [1.54, 1.807) is 6.92 Å². The van der Waals surface area contributed by atoms with Crippen LogP contribution in [0.3, 0.4) is 0 Å². The minimum Gasteiger partial charge on any atom is -0.393 e. The lowest BCUT2D eigenvalue weighted by atomic mass is 10.1. The van der Waals surface area contributed by atoms with Crippen molar-refractivity contribution in [3.05, 3.63) is 23.3 Å². The Morgan fingerprint density at radius 2 is 1.94 bits per heavy atom. The van der Waals surface area contributed by atoms with Gasteiger partial charge in [0.15, 0.2) is 0 Å². The van der Waals surface area contributed by atoms with E-state index in [1.807, 2.05) is 12.2 Å². The van der Waals surface area contributed by atoms with E-state index in [4.69, 9.17) is 10.2 Å². The van der Waals surface area contributed by atoms with E-state index in [9.17, 15) is 0 Å². The van der Waals surface area contributed by atoms with Crippen molar-refractivity contribution < 1.29 is 10.2 Å². The van der Waals surface area contributed by atoms with Crippen LogP contribution in [0, 0.1) is 35.5 Å². The van der Waals surface area contributed by atoms with Gasteiger partial charge in [0.25, 0.3) is 0 Å². The molecule has 2 heteroatoms. The summed E-state index contributed by atoms with van der Waals surface area (Å²) < 4.78 is 0. The Balaban J connectivity index is 2.49. The molecule has 2 N–H and O–H groups in total. The fourth-order valence-electron chi connectivity index (χ4n) is 1.13. The predicted octanol–water partition coefficient (Wildman–Crippen LogP) is 0.626. The van der Waals surface area contributed by atoms with Crippen molar-refractivity contribution in [2.75, 3.05) is 6.61 Å². The molecule has 0 heterocycles. The summed E-state index contributed by atoms with van der Waals surface area (Å²) in [5, 5.41) is 17.4. The first-order chi connectivity index (χ1) is 7.76. The first-order valence-corrected chi connectivity index (χ1v) is 4.89. The maximum Gasteiger partial charge on any atom is 0.138 e. The standard InChI is InChI=1S/C14H12O2/c1-2-5-12-8-9-13(10-12)6-3-4-7-14(16)11-15/h8-9,14-16H,10-11H2,1H3. The molecule has 1 atom stereocenters. The van der Waals surface area contributed by atoms with Gasteiger partial charge in [-0.05, 0) is 30.9 Å². The lowest BCUT2D eigenvalue weighted by molar-refractivity contribution is 0.138. The Kier molecular flexibility index (Phi) is 4.97. The molecule has 0 radical (unpaired) electrons. The van der Waals surface area contributed by atoms with Crippen LogP contribution >= 0.6 is 0 Å². The largest absolute Gasteiger partial charge is 0.393 e. The van der Waals surface area contributed by atoms with Crippen LogP contribution in [0.1, 0.15) is 13.3 Å². The van der Waals surface area contributed by atoms with Crippen LogP contribution in [-0.4, -0.2) is 22.9 Å². The molecule has 0 aromatic carbocycles. The molecule has 0 fully saturated rings. The monoisotopic (exact) mass is 212 g/mol. The van der Waals surface area contributed by atoms with E-state index in [0.717, 1.165) is 17.6 Å². The van der Waals surface area contributed by atoms with Crippen molar-refractivity contribution >= 4 is 0 Å². The third kappa shape index (κ3) is 4.07. The molecule has 1 unspecified atom stereocenters. The number of aliphatic hydroxyl groups is 2. The van der Waals surface area contributed by atoms with Gasteiger partial charge in [-0.3, -0.25) is 0 Å². The summed E-state index contributed by atoms with van der Waals surface area (Å²) in [5.74, 6) is 16.2. The van der Waals surface area contributed by atoms with Crippen molar-refractivity contribution in [1.82, 2.24) is 0 Å². The van der Waals surface area contributed by atoms with E-state index < -0.39 is 6.10 Å². The van der Waals surface area contributed by atoms with Crippen LogP contribution in [0.5, 0.6) is 0 Å². The lowest BCUT2D eigenvalue weighted by Gasteiger charge is -1.91. The van der Waals surface area contributed by atoms with Gasteiger partial charge in [-0.1, -0.05) is 17.8 Å². The molecule has 0 bridgehead atoms. The molecule has 0 spiro atoms. The van der Waals surface area contributed by atoms with Gasteiger partial charge in [0.1, 0.15) is 6.10 Å². The second kappa shape index (κ2) is 6.54. The zero-order valence-corrected chi connectivity index (χ0v) is 9.04. The normalized spacial score (nSPS) is 14.2. The predicted molar refractivity (Wildman–Crippen MR) is 62.9 cm³/mol. The second-order valence-corrected chi connectivity index (χ2v) is 3.15. The van der Waals surface area contributed by atoms with Gasteiger partial charge in [-0.2, -0.15) is 0 Å². The molecule has 1 rings (SSSR count). The number of aliphatic hydroxyl groups excluding tert-OH is 2. The maximum absolute atomic E-state index is 8.93. The van der Waals surface area contributed by atoms with Crippen molar-refractivity contribution in [3.63, 3.8) is 0 Å². The quantitative estimate of drug-likeness (QED) is 0.626. The number of hydrogen-bond donors (Lipinski definition) is 2. The SMILES string of the molecule is CC#CC1=CC=C(C#CC#CC(O)CO)C1. The summed E-state index contributed by atoms with van der Waals surface area (Å²) in [6.07, 6.45) is 3.59. The first-order valence-electron chi connectivity index (χ1n) is 4.89. The summed E-state index contributed by atoms with van der Waals surface area (Å²) in [4.78, 5) is 0. The molecular weight excluding hydrogens is 200 g/mol. The fraction of sp³-hybridized carbons (Fsp3) is 0.286. The van der Waals surface area contributed by atoms with Gasteiger partial charge in [0.05, 0.1) is 6.61 Å². The number of allylic oxidation sites excluding steroid dienone is 4. The van der Waals surface area contributed by atoms with Gasteiger partial charge in [0, 0.05) is 17.6 Å². The third-order valence-electron chi connectivity index (χ3n) is 1.85. The average molecular weight is 212 g/mol. The van der Waals surface area contributed by atoms with E-state index >= 15 is 0 Å². The highest BCUT2D eigenvalue weighted by Gasteiger charge is 2.02. The van der Waals surface area contributed by atoms with Crippen LogP contribution < -0.4 is 0 Å². The molecule has 0 aliphatic heterocycles. The Morgan fingerprint density at radius 3 is 2.56 bits per heavy atom. The van der Waals surface area contributed by atoms with E-state index in [1.165, 1.54) is 0 Å². The molecule has 0 aromatic heterocycles. The maximum atomic E-state index is 8.93. The second-order valence-electron chi connectivity index (χ2n) is 3.15. The molecule has 0 saturated heterocycles. The smallest absolute Gasteiger partial charge is 0.138 e.